The summed E-state index contributed by atoms with van der Waals surface area (Å²) in [6.45, 7) is 7.00. The first-order chi connectivity index (χ1) is 11.6. The minimum absolute atomic E-state index is 0. The van der Waals surface area contributed by atoms with Gasteiger partial charge in [0, 0.05) is 18.3 Å². The molecule has 2 rings (SSSR count). The Bertz CT molecular complexity index is 675. The highest BCUT2D eigenvalue weighted by atomic mass is 127. The fourth-order valence-electron chi connectivity index (χ4n) is 2.00. The first-order valence-corrected chi connectivity index (χ1v) is 7.99. The van der Waals surface area contributed by atoms with Gasteiger partial charge < -0.3 is 20.5 Å². The normalized spacial score (nSPS) is 11.0. The highest BCUT2D eigenvalue weighted by Gasteiger charge is 2.06. The summed E-state index contributed by atoms with van der Waals surface area (Å²) in [7, 11) is 0. The van der Waals surface area contributed by atoms with Crippen molar-refractivity contribution < 1.29 is 9.47 Å². The number of aromatic nitrogens is 1. The van der Waals surface area contributed by atoms with Crippen molar-refractivity contribution in [2.75, 3.05) is 6.61 Å². The minimum Gasteiger partial charge on any atom is -0.490 e. The molecule has 1 heterocycles. The first-order valence-electron chi connectivity index (χ1n) is 7.99. The molecule has 1 aromatic heterocycles. The molecule has 0 atom stereocenters. The Morgan fingerprint density at radius 2 is 1.92 bits per heavy atom. The first kappa shape index (κ1) is 21.0. The molecule has 0 amide bonds. The molecule has 0 bridgehead atoms. The Kier molecular flexibility index (Phi) is 9.04. The molecule has 1 aromatic carbocycles. The third kappa shape index (κ3) is 7.16. The molecule has 0 aliphatic heterocycles. The zero-order valence-corrected chi connectivity index (χ0v) is 17.1. The number of guanidine groups is 1. The molecule has 0 saturated carbocycles. The van der Waals surface area contributed by atoms with Gasteiger partial charge in [0.15, 0.2) is 17.5 Å². The molecule has 2 aromatic rings. The molecule has 136 valence electrons. The van der Waals surface area contributed by atoms with E-state index in [1.165, 1.54) is 0 Å². The van der Waals surface area contributed by atoms with Gasteiger partial charge in [-0.05, 0) is 38.5 Å². The predicted octanol–water partition coefficient (Wildman–Crippen LogP) is 3.70. The average Bonchev–Trinajstić information content (AvgIpc) is 2.56. The van der Waals surface area contributed by atoms with Crippen LogP contribution in [0.2, 0.25) is 0 Å². The number of hydrogen-bond acceptors (Lipinski definition) is 4. The fourth-order valence-corrected chi connectivity index (χ4v) is 2.00. The van der Waals surface area contributed by atoms with Gasteiger partial charge in [-0.25, -0.2) is 9.98 Å². The van der Waals surface area contributed by atoms with E-state index < -0.39 is 0 Å². The van der Waals surface area contributed by atoms with Crippen LogP contribution in [0.4, 0.5) is 0 Å². The number of halogens is 1. The second kappa shape index (κ2) is 10.8. The van der Waals surface area contributed by atoms with Crippen LogP contribution in [0.15, 0.2) is 47.6 Å². The lowest BCUT2D eigenvalue weighted by Gasteiger charge is -2.11. The maximum Gasteiger partial charge on any atom is 0.219 e. The quantitative estimate of drug-likeness (QED) is 0.377. The molecule has 0 radical (unpaired) electrons. The molecule has 3 N–H and O–H groups in total. The molecule has 0 spiro atoms. The number of hydrogen-bond donors (Lipinski definition) is 2. The lowest BCUT2D eigenvalue weighted by molar-refractivity contribution is 0.319. The number of rotatable bonds is 7. The number of nitrogens with zero attached hydrogens (tertiary/aromatic N) is 2. The molecule has 0 fully saturated rings. The van der Waals surface area contributed by atoms with Gasteiger partial charge in [0.2, 0.25) is 5.88 Å². The highest BCUT2D eigenvalue weighted by molar-refractivity contribution is 14.0. The predicted molar refractivity (Wildman–Crippen MR) is 111 cm³/mol. The van der Waals surface area contributed by atoms with E-state index in [1.54, 1.807) is 12.3 Å². The van der Waals surface area contributed by atoms with Gasteiger partial charge >= 0.3 is 0 Å². The molecular formula is C18H25IN4O2. The molecule has 0 unspecified atom stereocenters. The van der Waals surface area contributed by atoms with E-state index in [4.69, 9.17) is 15.2 Å². The summed E-state index contributed by atoms with van der Waals surface area (Å²) >= 11 is 0. The maximum atomic E-state index is 5.79. The smallest absolute Gasteiger partial charge is 0.219 e. The van der Waals surface area contributed by atoms with Crippen molar-refractivity contribution in [2.45, 2.75) is 33.4 Å². The molecule has 0 aliphatic rings. The summed E-state index contributed by atoms with van der Waals surface area (Å²) in [4.78, 5) is 8.58. The van der Waals surface area contributed by atoms with Gasteiger partial charge in [0.1, 0.15) is 0 Å². The van der Waals surface area contributed by atoms with Crippen molar-refractivity contribution in [2.24, 2.45) is 10.7 Å². The second-order valence-electron chi connectivity index (χ2n) is 5.49. The van der Waals surface area contributed by atoms with Gasteiger partial charge in [-0.1, -0.05) is 18.2 Å². The monoisotopic (exact) mass is 456 g/mol. The van der Waals surface area contributed by atoms with Crippen LogP contribution in [-0.2, 0) is 6.54 Å². The van der Waals surface area contributed by atoms with Crippen LogP contribution < -0.4 is 20.5 Å². The maximum absolute atomic E-state index is 5.79. The van der Waals surface area contributed by atoms with Crippen LogP contribution in [0.25, 0.3) is 0 Å². The summed E-state index contributed by atoms with van der Waals surface area (Å²) in [6, 6.07) is 11.5. The standard InChI is InChI=1S/C18H24N4O2.HI/c1-4-23-15-7-5-6-8-16(15)24-17-10-9-14(11-20-17)12-21-18(19)22-13(2)3;/h5-11,13H,4,12H2,1-3H3,(H3,19,21,22);1H. The number of aliphatic imine (C=N–C) groups is 1. The van der Waals surface area contributed by atoms with Crippen molar-refractivity contribution >= 4 is 29.9 Å². The zero-order chi connectivity index (χ0) is 17.4. The SMILES string of the molecule is CCOc1ccccc1Oc1ccc(CN=C(N)NC(C)C)cn1.I. The van der Waals surface area contributed by atoms with E-state index in [2.05, 4.69) is 15.3 Å². The third-order valence-corrected chi connectivity index (χ3v) is 3.03. The van der Waals surface area contributed by atoms with Crippen molar-refractivity contribution in [3.63, 3.8) is 0 Å². The second-order valence-corrected chi connectivity index (χ2v) is 5.49. The van der Waals surface area contributed by atoms with Crippen molar-refractivity contribution in [1.29, 1.82) is 0 Å². The van der Waals surface area contributed by atoms with E-state index in [1.807, 2.05) is 51.1 Å². The van der Waals surface area contributed by atoms with Crippen LogP contribution in [0.3, 0.4) is 0 Å². The summed E-state index contributed by atoms with van der Waals surface area (Å²) < 4.78 is 11.3. The Balaban J connectivity index is 0.00000312. The topological polar surface area (TPSA) is 81.8 Å². The largest absolute Gasteiger partial charge is 0.490 e. The molecule has 25 heavy (non-hydrogen) atoms. The summed E-state index contributed by atoms with van der Waals surface area (Å²) in [5, 5.41) is 3.04. The number of ether oxygens (including phenoxy) is 2. The van der Waals surface area contributed by atoms with E-state index in [-0.39, 0.29) is 30.0 Å². The van der Waals surface area contributed by atoms with Crippen LogP contribution in [-0.4, -0.2) is 23.6 Å². The molecule has 0 saturated heterocycles. The number of nitrogens with one attached hydrogen (secondary N) is 1. The van der Waals surface area contributed by atoms with Crippen LogP contribution in [0.1, 0.15) is 26.3 Å². The number of pyridine rings is 1. The van der Waals surface area contributed by atoms with Gasteiger partial charge in [-0.15, -0.1) is 24.0 Å². The van der Waals surface area contributed by atoms with Gasteiger partial charge in [0.05, 0.1) is 13.2 Å². The van der Waals surface area contributed by atoms with E-state index >= 15 is 0 Å². The zero-order valence-electron chi connectivity index (χ0n) is 14.7. The Morgan fingerprint density at radius 3 is 2.52 bits per heavy atom. The van der Waals surface area contributed by atoms with Crippen molar-refractivity contribution in [3.05, 3.63) is 48.2 Å². The molecule has 6 nitrogen and oxygen atoms in total. The minimum atomic E-state index is 0. The Hall–Kier alpha value is -2.03. The van der Waals surface area contributed by atoms with Crippen molar-refractivity contribution in [3.8, 4) is 17.4 Å². The van der Waals surface area contributed by atoms with Gasteiger partial charge in [0.25, 0.3) is 0 Å². The molecule has 0 aliphatic carbocycles. The molecule has 7 heteroatoms. The Labute approximate surface area is 165 Å². The van der Waals surface area contributed by atoms with E-state index in [0.717, 1.165) is 5.56 Å². The number of para-hydroxylation sites is 2. The van der Waals surface area contributed by atoms with Crippen LogP contribution in [0, 0.1) is 0 Å². The third-order valence-electron chi connectivity index (χ3n) is 3.03. The van der Waals surface area contributed by atoms with Gasteiger partial charge in [-0.2, -0.15) is 0 Å². The molecular weight excluding hydrogens is 431 g/mol. The lowest BCUT2D eigenvalue weighted by atomic mass is 10.3. The number of benzene rings is 1. The summed E-state index contributed by atoms with van der Waals surface area (Å²) in [5.74, 6) is 2.27. The highest BCUT2D eigenvalue weighted by Crippen LogP contribution is 2.30. The van der Waals surface area contributed by atoms with Gasteiger partial charge in [-0.3, -0.25) is 0 Å². The van der Waals surface area contributed by atoms with Crippen molar-refractivity contribution in [1.82, 2.24) is 10.3 Å². The fraction of sp³-hybridized carbons (Fsp3) is 0.333. The lowest BCUT2D eigenvalue weighted by Crippen LogP contribution is -2.36. The summed E-state index contributed by atoms with van der Waals surface area (Å²) in [6.07, 6.45) is 1.73. The Morgan fingerprint density at radius 1 is 1.20 bits per heavy atom. The van der Waals surface area contributed by atoms with E-state index in [9.17, 15) is 0 Å². The summed E-state index contributed by atoms with van der Waals surface area (Å²) in [5.41, 5.74) is 6.73. The van der Waals surface area contributed by atoms with E-state index in [0.29, 0.717) is 36.5 Å². The average molecular weight is 456 g/mol. The van der Waals surface area contributed by atoms with Crippen LogP contribution in [0.5, 0.6) is 17.4 Å². The number of nitrogens with two attached hydrogens (primary N) is 1. The van der Waals surface area contributed by atoms with Crippen LogP contribution >= 0.6 is 24.0 Å².